The molecule has 1 heterocycles. The molecule has 0 bridgehead atoms. The molecule has 6 nitrogen and oxygen atoms in total. The van der Waals surface area contributed by atoms with E-state index in [4.69, 9.17) is 4.74 Å². The molecular weight excluding hydrogens is 316 g/mol. The quantitative estimate of drug-likeness (QED) is 0.793. The van der Waals surface area contributed by atoms with Gasteiger partial charge in [-0.05, 0) is 31.5 Å². The van der Waals surface area contributed by atoms with Crippen LogP contribution in [0.5, 0.6) is 5.75 Å². The second kappa shape index (κ2) is 7.94. The molecule has 1 aromatic carbocycles. The van der Waals surface area contributed by atoms with Gasteiger partial charge in [-0.2, -0.15) is 0 Å². The Bertz CT molecular complexity index is 723. The van der Waals surface area contributed by atoms with Crippen LogP contribution in [0.1, 0.15) is 11.3 Å². The molecule has 0 radical (unpaired) electrons. The van der Waals surface area contributed by atoms with E-state index in [-0.39, 0.29) is 30.5 Å². The Morgan fingerprint density at radius 2 is 2.22 bits per heavy atom. The number of hydrogen-bond acceptors (Lipinski definition) is 5. The van der Waals surface area contributed by atoms with E-state index in [0.717, 1.165) is 22.6 Å². The predicted molar refractivity (Wildman–Crippen MR) is 89.0 cm³/mol. The molecule has 0 spiro atoms. The lowest BCUT2D eigenvalue weighted by Crippen LogP contribution is -2.38. The summed E-state index contributed by atoms with van der Waals surface area (Å²) in [6.07, 6.45) is -0.820. The fraction of sp³-hybridized carbons (Fsp3) is 0.375. The van der Waals surface area contributed by atoms with Gasteiger partial charge in [0.15, 0.2) is 0 Å². The fourth-order valence-electron chi connectivity index (χ4n) is 1.98. The summed E-state index contributed by atoms with van der Waals surface area (Å²) in [4.78, 5) is 23.2. The maximum atomic E-state index is 11.8. The molecular formula is C16H20N2O4S. The number of ether oxygens (including phenoxy) is 1. The van der Waals surface area contributed by atoms with Crippen LogP contribution in [0, 0.1) is 13.8 Å². The van der Waals surface area contributed by atoms with Gasteiger partial charge in [0.2, 0.25) is 5.91 Å². The Hall–Kier alpha value is -2.12. The van der Waals surface area contributed by atoms with Crippen molar-refractivity contribution < 1.29 is 14.6 Å². The minimum Gasteiger partial charge on any atom is -0.491 e. The SMILES string of the molecule is Cc1cccc(OCC(O)CNC(=O)Cn2c(C)csc2=O)c1. The normalized spacial score (nSPS) is 12.0. The molecule has 2 rings (SSSR count). The standard InChI is InChI=1S/C16H20N2O4S/c1-11-4-3-5-14(6-11)22-9-13(19)7-17-15(20)8-18-12(2)10-23-16(18)21/h3-6,10,13,19H,7-9H2,1-2H3,(H,17,20). The lowest BCUT2D eigenvalue weighted by molar-refractivity contribution is -0.122. The second-order valence-electron chi connectivity index (χ2n) is 5.31. The molecule has 7 heteroatoms. The molecule has 1 aromatic heterocycles. The molecule has 0 fully saturated rings. The number of amides is 1. The Balaban J connectivity index is 1.74. The third kappa shape index (κ3) is 5.22. The van der Waals surface area contributed by atoms with Crippen molar-refractivity contribution in [2.24, 2.45) is 0 Å². The smallest absolute Gasteiger partial charge is 0.307 e. The van der Waals surface area contributed by atoms with Crippen molar-refractivity contribution in [1.29, 1.82) is 0 Å². The number of aliphatic hydroxyl groups is 1. The van der Waals surface area contributed by atoms with E-state index < -0.39 is 6.10 Å². The number of benzene rings is 1. The lowest BCUT2D eigenvalue weighted by Gasteiger charge is -2.14. The van der Waals surface area contributed by atoms with Crippen LogP contribution < -0.4 is 14.9 Å². The zero-order valence-electron chi connectivity index (χ0n) is 13.1. The number of carbonyl (C=O) groups is 1. The highest BCUT2D eigenvalue weighted by Crippen LogP contribution is 2.12. The molecule has 2 N–H and O–H groups in total. The predicted octanol–water partition coefficient (Wildman–Crippen LogP) is 1.08. The van der Waals surface area contributed by atoms with Crippen LogP contribution in [0.15, 0.2) is 34.4 Å². The first-order valence-corrected chi connectivity index (χ1v) is 8.13. The highest BCUT2D eigenvalue weighted by molar-refractivity contribution is 7.07. The average molecular weight is 336 g/mol. The van der Waals surface area contributed by atoms with Gasteiger partial charge in [-0.1, -0.05) is 23.5 Å². The zero-order chi connectivity index (χ0) is 16.8. The van der Waals surface area contributed by atoms with Gasteiger partial charge < -0.3 is 15.2 Å². The number of thiazole rings is 1. The highest BCUT2D eigenvalue weighted by atomic mass is 32.1. The van der Waals surface area contributed by atoms with Crippen molar-refractivity contribution >= 4 is 17.2 Å². The van der Waals surface area contributed by atoms with Crippen LogP contribution in [-0.2, 0) is 11.3 Å². The van der Waals surface area contributed by atoms with E-state index in [1.165, 1.54) is 4.57 Å². The van der Waals surface area contributed by atoms with Crippen LogP contribution in [0.25, 0.3) is 0 Å². The van der Waals surface area contributed by atoms with Crippen LogP contribution >= 0.6 is 11.3 Å². The van der Waals surface area contributed by atoms with Gasteiger partial charge in [0.05, 0.1) is 0 Å². The minimum absolute atomic E-state index is 0.0420. The molecule has 23 heavy (non-hydrogen) atoms. The van der Waals surface area contributed by atoms with Gasteiger partial charge >= 0.3 is 4.87 Å². The van der Waals surface area contributed by atoms with E-state index >= 15 is 0 Å². The average Bonchev–Trinajstić information content (AvgIpc) is 2.83. The topological polar surface area (TPSA) is 80.6 Å². The number of carbonyl (C=O) groups excluding carboxylic acids is 1. The summed E-state index contributed by atoms with van der Waals surface area (Å²) in [7, 11) is 0. The molecule has 1 atom stereocenters. The number of aliphatic hydroxyl groups excluding tert-OH is 1. The van der Waals surface area contributed by atoms with E-state index in [9.17, 15) is 14.7 Å². The summed E-state index contributed by atoms with van der Waals surface area (Å²) in [5.74, 6) is 0.360. The summed E-state index contributed by atoms with van der Waals surface area (Å²) >= 11 is 1.06. The zero-order valence-corrected chi connectivity index (χ0v) is 13.9. The maximum absolute atomic E-state index is 11.8. The fourth-order valence-corrected chi connectivity index (χ4v) is 2.72. The van der Waals surface area contributed by atoms with Crippen molar-refractivity contribution in [3.8, 4) is 5.75 Å². The molecule has 0 saturated carbocycles. The van der Waals surface area contributed by atoms with Crippen LogP contribution in [0.4, 0.5) is 0 Å². The van der Waals surface area contributed by atoms with Gasteiger partial charge in [0, 0.05) is 17.6 Å². The second-order valence-corrected chi connectivity index (χ2v) is 6.14. The Morgan fingerprint density at radius 1 is 1.43 bits per heavy atom. The van der Waals surface area contributed by atoms with E-state index in [1.54, 1.807) is 12.3 Å². The van der Waals surface area contributed by atoms with Crippen molar-refractivity contribution in [2.75, 3.05) is 13.2 Å². The summed E-state index contributed by atoms with van der Waals surface area (Å²) < 4.78 is 6.87. The molecule has 0 aliphatic rings. The number of aryl methyl sites for hydroxylation is 2. The van der Waals surface area contributed by atoms with Crippen LogP contribution in [0.2, 0.25) is 0 Å². The van der Waals surface area contributed by atoms with Gasteiger partial charge in [-0.3, -0.25) is 14.2 Å². The largest absolute Gasteiger partial charge is 0.491 e. The van der Waals surface area contributed by atoms with E-state index in [2.05, 4.69) is 5.32 Å². The molecule has 1 amide bonds. The van der Waals surface area contributed by atoms with Crippen molar-refractivity contribution in [3.05, 3.63) is 50.6 Å². The third-order valence-electron chi connectivity index (χ3n) is 3.24. The first-order chi connectivity index (χ1) is 11.0. The summed E-state index contributed by atoms with van der Waals surface area (Å²) in [6, 6.07) is 7.51. The number of nitrogens with one attached hydrogen (secondary N) is 1. The van der Waals surface area contributed by atoms with Gasteiger partial charge in [0.1, 0.15) is 25.0 Å². The molecule has 0 aliphatic heterocycles. The first kappa shape index (κ1) is 17.2. The minimum atomic E-state index is -0.820. The van der Waals surface area contributed by atoms with Crippen molar-refractivity contribution in [3.63, 3.8) is 0 Å². The molecule has 0 aliphatic carbocycles. The number of nitrogens with zero attached hydrogens (tertiary/aromatic N) is 1. The summed E-state index contributed by atoms with van der Waals surface area (Å²) in [5, 5.41) is 14.2. The Morgan fingerprint density at radius 3 is 2.87 bits per heavy atom. The lowest BCUT2D eigenvalue weighted by atomic mass is 10.2. The molecule has 2 aromatic rings. The van der Waals surface area contributed by atoms with Gasteiger partial charge in [-0.25, -0.2) is 0 Å². The monoisotopic (exact) mass is 336 g/mol. The van der Waals surface area contributed by atoms with Gasteiger partial charge in [0.25, 0.3) is 0 Å². The number of rotatable bonds is 7. The van der Waals surface area contributed by atoms with E-state index in [1.807, 2.05) is 31.2 Å². The summed E-state index contributed by atoms with van der Waals surface area (Å²) in [6.45, 7) is 3.84. The molecule has 0 saturated heterocycles. The molecule has 124 valence electrons. The first-order valence-electron chi connectivity index (χ1n) is 7.25. The van der Waals surface area contributed by atoms with E-state index in [0.29, 0.717) is 5.75 Å². The summed E-state index contributed by atoms with van der Waals surface area (Å²) in [5.41, 5.74) is 1.82. The number of aromatic nitrogens is 1. The van der Waals surface area contributed by atoms with Crippen LogP contribution in [-0.4, -0.2) is 34.8 Å². The molecule has 1 unspecified atom stereocenters. The van der Waals surface area contributed by atoms with Crippen molar-refractivity contribution in [1.82, 2.24) is 9.88 Å². The van der Waals surface area contributed by atoms with Crippen LogP contribution in [0.3, 0.4) is 0 Å². The van der Waals surface area contributed by atoms with Gasteiger partial charge in [-0.15, -0.1) is 0 Å². The number of hydrogen-bond donors (Lipinski definition) is 2. The van der Waals surface area contributed by atoms with Crippen molar-refractivity contribution in [2.45, 2.75) is 26.5 Å². The maximum Gasteiger partial charge on any atom is 0.307 e. The Kier molecular flexibility index (Phi) is 5.95. The highest BCUT2D eigenvalue weighted by Gasteiger charge is 2.11. The Labute approximate surface area is 138 Å². The third-order valence-corrected chi connectivity index (χ3v) is 4.13.